The summed E-state index contributed by atoms with van der Waals surface area (Å²) in [6, 6.07) is 0. The number of rotatable bonds is 32. The predicted octanol–water partition coefficient (Wildman–Crippen LogP) is 14.9. The molecular weight excluding hydrogens is 534 g/mol. The van der Waals surface area contributed by atoms with Gasteiger partial charge in [0.2, 0.25) is 0 Å². The topological polar surface area (TPSA) is 12.5 Å². The van der Waals surface area contributed by atoms with E-state index in [4.69, 9.17) is 4.74 Å². The molecule has 0 saturated heterocycles. The standard InChI is InChI=1S/C15H32O.C15H32.C10H19N.C2H6/c1-3-4-5-6-7-8-9-10-11-12-13-14-15-16-2;1-3-5-7-9-11-13-15-14-12-10-8-6-4-2;1-4-7-9-11(6-3)10-8-5-2;1-2/h3-15H2,1-2H3;3-15H2,1-2H3;4-5H,1-2,6-10H2,3H3;1-2H3. The van der Waals surface area contributed by atoms with E-state index in [0.717, 1.165) is 39.1 Å². The first-order chi connectivity index (χ1) is 21.7. The molecule has 0 saturated carbocycles. The lowest BCUT2D eigenvalue weighted by atomic mass is 10.1. The summed E-state index contributed by atoms with van der Waals surface area (Å²) in [6.07, 6.45) is 42.0. The van der Waals surface area contributed by atoms with Gasteiger partial charge in [0, 0.05) is 26.8 Å². The fraction of sp³-hybridized carbons (Fsp3) is 0.905. The largest absolute Gasteiger partial charge is 0.385 e. The molecule has 0 aromatic rings. The molecule has 0 aromatic carbocycles. The summed E-state index contributed by atoms with van der Waals surface area (Å²) >= 11 is 0. The van der Waals surface area contributed by atoms with Crippen LogP contribution >= 0.6 is 0 Å². The van der Waals surface area contributed by atoms with Gasteiger partial charge in [0.05, 0.1) is 0 Å². The van der Waals surface area contributed by atoms with Crippen molar-refractivity contribution in [1.82, 2.24) is 4.90 Å². The lowest BCUT2D eigenvalue weighted by molar-refractivity contribution is 0.192. The molecule has 0 radical (unpaired) electrons. The van der Waals surface area contributed by atoms with Crippen LogP contribution in [0.3, 0.4) is 0 Å². The molecule has 2 nitrogen and oxygen atoms in total. The van der Waals surface area contributed by atoms with Crippen LogP contribution in [0.15, 0.2) is 25.3 Å². The van der Waals surface area contributed by atoms with Gasteiger partial charge in [0.1, 0.15) is 0 Å². The highest BCUT2D eigenvalue weighted by molar-refractivity contribution is 4.72. The maximum atomic E-state index is 5.03. The van der Waals surface area contributed by atoms with Gasteiger partial charge in [-0.15, -0.1) is 13.2 Å². The Bertz CT molecular complexity index is 411. The number of unbranched alkanes of at least 4 members (excludes halogenated alkanes) is 23. The number of hydrogen-bond donors (Lipinski definition) is 0. The summed E-state index contributed by atoms with van der Waals surface area (Å²) in [6.45, 7) is 24.8. The van der Waals surface area contributed by atoms with Crippen molar-refractivity contribution < 1.29 is 4.74 Å². The van der Waals surface area contributed by atoms with Crippen molar-refractivity contribution in [2.24, 2.45) is 0 Å². The third kappa shape index (κ3) is 57.1. The highest BCUT2D eigenvalue weighted by Gasteiger charge is 1.97. The smallest absolute Gasteiger partial charge is 0.0462 e. The minimum absolute atomic E-state index is 0.942. The molecule has 44 heavy (non-hydrogen) atoms. The molecule has 2 heteroatoms. The molecule has 0 heterocycles. The van der Waals surface area contributed by atoms with Crippen molar-refractivity contribution in [2.45, 2.75) is 215 Å². The van der Waals surface area contributed by atoms with Crippen LogP contribution in [0.1, 0.15) is 215 Å². The van der Waals surface area contributed by atoms with Gasteiger partial charge in [-0.1, -0.05) is 208 Å². The van der Waals surface area contributed by atoms with Crippen molar-refractivity contribution >= 4 is 0 Å². The third-order valence-corrected chi connectivity index (χ3v) is 8.16. The van der Waals surface area contributed by atoms with Crippen LogP contribution in [0.5, 0.6) is 0 Å². The zero-order chi connectivity index (χ0) is 33.6. The minimum atomic E-state index is 0.942. The number of nitrogens with zero attached hydrogens (tertiary/aromatic N) is 1. The predicted molar refractivity (Wildman–Crippen MR) is 207 cm³/mol. The van der Waals surface area contributed by atoms with Crippen LogP contribution in [0.25, 0.3) is 0 Å². The molecule has 0 fully saturated rings. The van der Waals surface area contributed by atoms with Gasteiger partial charge in [-0.3, -0.25) is 0 Å². The second kappa shape index (κ2) is 54.8. The van der Waals surface area contributed by atoms with Crippen molar-refractivity contribution in [1.29, 1.82) is 0 Å². The van der Waals surface area contributed by atoms with Crippen molar-refractivity contribution in [3.8, 4) is 0 Å². The average Bonchev–Trinajstić information content (AvgIpc) is 3.06. The first-order valence-electron chi connectivity index (χ1n) is 20.1. The molecule has 0 aliphatic heterocycles. The SMILES string of the molecule is C=CCCN(CC)CCC=C.CC.CCCCCCCCCCCCCCC.CCCCCCCCCCCCCCOC. The molecule has 0 N–H and O–H groups in total. The van der Waals surface area contributed by atoms with Gasteiger partial charge in [-0.05, 0) is 25.8 Å². The number of hydrogen-bond acceptors (Lipinski definition) is 2. The monoisotopic (exact) mass is 624 g/mol. The average molecular weight is 624 g/mol. The van der Waals surface area contributed by atoms with Crippen LogP contribution in [-0.4, -0.2) is 38.3 Å². The molecule has 0 aliphatic carbocycles. The Morgan fingerprint density at radius 2 is 0.682 bits per heavy atom. The van der Waals surface area contributed by atoms with E-state index in [1.807, 2.05) is 26.0 Å². The Balaban J connectivity index is -0.000000269. The molecule has 0 amide bonds. The Hall–Kier alpha value is -0.600. The summed E-state index contributed by atoms with van der Waals surface area (Å²) in [5.41, 5.74) is 0. The number of ether oxygens (including phenoxy) is 1. The molecule has 0 spiro atoms. The summed E-state index contributed by atoms with van der Waals surface area (Å²) < 4.78 is 5.03. The molecule has 0 aliphatic rings. The van der Waals surface area contributed by atoms with Crippen molar-refractivity contribution in [3.05, 3.63) is 25.3 Å². The Morgan fingerprint density at radius 3 is 0.886 bits per heavy atom. The zero-order valence-corrected chi connectivity index (χ0v) is 32.3. The summed E-state index contributed by atoms with van der Waals surface area (Å²) in [7, 11) is 1.79. The highest BCUT2D eigenvalue weighted by atomic mass is 16.5. The van der Waals surface area contributed by atoms with E-state index in [2.05, 4.69) is 45.8 Å². The van der Waals surface area contributed by atoms with Crippen LogP contribution in [-0.2, 0) is 4.74 Å². The first kappa shape index (κ1) is 50.3. The first-order valence-corrected chi connectivity index (χ1v) is 20.1. The van der Waals surface area contributed by atoms with E-state index < -0.39 is 0 Å². The second-order valence-corrected chi connectivity index (χ2v) is 12.4. The zero-order valence-electron chi connectivity index (χ0n) is 32.3. The highest BCUT2D eigenvalue weighted by Crippen LogP contribution is 2.13. The van der Waals surface area contributed by atoms with Gasteiger partial charge in [0.15, 0.2) is 0 Å². The van der Waals surface area contributed by atoms with E-state index in [1.54, 1.807) is 7.11 Å². The minimum Gasteiger partial charge on any atom is -0.385 e. The fourth-order valence-electron chi connectivity index (χ4n) is 5.15. The quantitative estimate of drug-likeness (QED) is 0.0546. The van der Waals surface area contributed by atoms with E-state index in [9.17, 15) is 0 Å². The molecule has 0 unspecified atom stereocenters. The van der Waals surface area contributed by atoms with E-state index in [1.165, 1.54) is 161 Å². The third-order valence-electron chi connectivity index (χ3n) is 8.16. The molecule has 0 atom stereocenters. The molecule has 268 valence electrons. The normalized spacial score (nSPS) is 10.3. The van der Waals surface area contributed by atoms with Gasteiger partial charge in [0.25, 0.3) is 0 Å². The fourth-order valence-corrected chi connectivity index (χ4v) is 5.15. The van der Waals surface area contributed by atoms with Gasteiger partial charge < -0.3 is 9.64 Å². The second-order valence-electron chi connectivity index (χ2n) is 12.4. The van der Waals surface area contributed by atoms with E-state index in [0.29, 0.717) is 0 Å². The van der Waals surface area contributed by atoms with E-state index in [-0.39, 0.29) is 0 Å². The number of methoxy groups -OCH3 is 1. The molecular formula is C42H89NO. The lowest BCUT2D eigenvalue weighted by Crippen LogP contribution is -2.24. The Morgan fingerprint density at radius 1 is 0.432 bits per heavy atom. The van der Waals surface area contributed by atoms with Crippen LogP contribution < -0.4 is 0 Å². The summed E-state index contributed by atoms with van der Waals surface area (Å²) in [5, 5.41) is 0. The van der Waals surface area contributed by atoms with Crippen LogP contribution in [0.4, 0.5) is 0 Å². The molecule has 0 aromatic heterocycles. The van der Waals surface area contributed by atoms with Crippen LogP contribution in [0.2, 0.25) is 0 Å². The van der Waals surface area contributed by atoms with Gasteiger partial charge in [-0.2, -0.15) is 0 Å². The summed E-state index contributed by atoms with van der Waals surface area (Å²) in [5.74, 6) is 0. The molecule has 0 rings (SSSR count). The maximum absolute atomic E-state index is 5.03. The van der Waals surface area contributed by atoms with Crippen LogP contribution in [0, 0.1) is 0 Å². The summed E-state index contributed by atoms with van der Waals surface area (Å²) in [4.78, 5) is 2.41. The van der Waals surface area contributed by atoms with Crippen molar-refractivity contribution in [3.63, 3.8) is 0 Å². The maximum Gasteiger partial charge on any atom is 0.0462 e. The van der Waals surface area contributed by atoms with Gasteiger partial charge >= 0.3 is 0 Å². The van der Waals surface area contributed by atoms with Gasteiger partial charge in [-0.25, -0.2) is 0 Å². The Kier molecular flexibility index (Phi) is 62.7. The molecule has 0 bridgehead atoms. The van der Waals surface area contributed by atoms with Crippen molar-refractivity contribution in [2.75, 3.05) is 33.4 Å². The Labute approximate surface area is 282 Å². The lowest BCUT2D eigenvalue weighted by Gasteiger charge is -2.17. The van der Waals surface area contributed by atoms with E-state index >= 15 is 0 Å².